The lowest BCUT2D eigenvalue weighted by atomic mass is 10.0. The van der Waals surface area contributed by atoms with Gasteiger partial charge in [-0.25, -0.2) is 0 Å². The Labute approximate surface area is 132 Å². The van der Waals surface area contributed by atoms with Crippen LogP contribution in [0.3, 0.4) is 0 Å². The smallest absolute Gasteiger partial charge is 0.256 e. The van der Waals surface area contributed by atoms with Gasteiger partial charge in [0, 0.05) is 6.42 Å². The van der Waals surface area contributed by atoms with E-state index in [1.807, 2.05) is 6.07 Å². The number of fused-ring (bicyclic) bond motifs is 3. The number of amides is 1. The van der Waals surface area contributed by atoms with E-state index in [-0.39, 0.29) is 17.8 Å². The van der Waals surface area contributed by atoms with Crippen molar-refractivity contribution in [2.24, 2.45) is 0 Å². The van der Waals surface area contributed by atoms with E-state index < -0.39 is 0 Å². The molecule has 2 atom stereocenters. The first kappa shape index (κ1) is 13.6. The van der Waals surface area contributed by atoms with Gasteiger partial charge >= 0.3 is 0 Å². The second-order valence-electron chi connectivity index (χ2n) is 5.99. The topological polar surface area (TPSA) is 65.8 Å². The lowest BCUT2D eigenvalue weighted by Gasteiger charge is -2.27. The molecule has 0 aliphatic carbocycles. The van der Waals surface area contributed by atoms with Crippen LogP contribution in [0.15, 0.2) is 24.3 Å². The summed E-state index contributed by atoms with van der Waals surface area (Å²) in [6.45, 7) is 2.05. The second-order valence-corrected chi connectivity index (χ2v) is 7.09. The van der Waals surface area contributed by atoms with Gasteiger partial charge in [-0.1, -0.05) is 12.1 Å². The van der Waals surface area contributed by atoms with E-state index in [2.05, 4.69) is 17.7 Å². The highest BCUT2D eigenvalue weighted by molar-refractivity contribution is 7.16. The third kappa shape index (κ3) is 2.15. The molecule has 0 saturated carbocycles. The van der Waals surface area contributed by atoms with E-state index in [1.54, 1.807) is 29.5 Å². The summed E-state index contributed by atoms with van der Waals surface area (Å²) < 4.78 is 0. The number of likely N-dealkylation sites (N-methyl/N-ethyl adjacent to an activating group) is 1. The molecule has 2 aliphatic heterocycles. The maximum absolute atomic E-state index is 12.6. The number of hydrogen-bond donors (Lipinski definition) is 4. The van der Waals surface area contributed by atoms with Gasteiger partial charge in [0.25, 0.3) is 5.91 Å². The van der Waals surface area contributed by atoms with Crippen LogP contribution in [-0.4, -0.2) is 24.6 Å². The van der Waals surface area contributed by atoms with Crippen LogP contribution in [0.25, 0.3) is 0 Å². The molecule has 2 aromatic rings. The Bertz CT molecular complexity index is 756. The zero-order valence-electron chi connectivity index (χ0n) is 12.3. The van der Waals surface area contributed by atoms with Crippen LogP contribution in [0, 0.1) is 0 Å². The van der Waals surface area contributed by atoms with Crippen molar-refractivity contribution in [3.8, 4) is 5.75 Å². The number of aromatic hydroxyl groups is 1. The first-order valence-corrected chi connectivity index (χ1v) is 8.25. The fraction of sp³-hybridized carbons (Fsp3) is 0.312. The second kappa shape index (κ2) is 5.00. The number of carbonyl (C=O) groups is 1. The molecule has 0 spiro atoms. The number of thiophene rings is 1. The molecule has 22 heavy (non-hydrogen) atoms. The molecular formula is C16H18N3O2S+. The average molecular weight is 316 g/mol. The molecular weight excluding hydrogens is 298 g/mol. The fourth-order valence-electron chi connectivity index (χ4n) is 3.20. The highest BCUT2D eigenvalue weighted by atomic mass is 32.1. The molecule has 4 rings (SSSR count). The van der Waals surface area contributed by atoms with Crippen molar-refractivity contribution < 1.29 is 14.8 Å². The molecule has 4 N–H and O–H groups in total. The first-order chi connectivity index (χ1) is 10.6. The number of hydrogen-bond acceptors (Lipinski definition) is 4. The average Bonchev–Trinajstić information content (AvgIpc) is 2.84. The summed E-state index contributed by atoms with van der Waals surface area (Å²) in [7, 11) is 2.19. The van der Waals surface area contributed by atoms with E-state index in [9.17, 15) is 9.90 Å². The molecule has 0 bridgehead atoms. The van der Waals surface area contributed by atoms with Gasteiger partial charge in [-0.3, -0.25) is 4.79 Å². The van der Waals surface area contributed by atoms with Gasteiger partial charge in [-0.15, -0.1) is 11.3 Å². The number of benzene rings is 1. The summed E-state index contributed by atoms with van der Waals surface area (Å²) in [5.41, 5.74) is 2.89. The summed E-state index contributed by atoms with van der Waals surface area (Å²) in [6, 6.07) is 6.98. The molecule has 1 aromatic carbocycles. The van der Waals surface area contributed by atoms with Crippen LogP contribution in [0.2, 0.25) is 0 Å². The van der Waals surface area contributed by atoms with Crippen LogP contribution >= 0.6 is 11.3 Å². The molecule has 5 nitrogen and oxygen atoms in total. The van der Waals surface area contributed by atoms with Crippen LogP contribution in [0.5, 0.6) is 5.75 Å². The Morgan fingerprint density at radius 1 is 1.36 bits per heavy atom. The lowest BCUT2D eigenvalue weighted by Crippen LogP contribution is -3.08. The summed E-state index contributed by atoms with van der Waals surface area (Å²) in [5.74, 6) is 0.189. The Kier molecular flexibility index (Phi) is 3.09. The van der Waals surface area contributed by atoms with E-state index in [1.165, 1.54) is 15.3 Å². The van der Waals surface area contributed by atoms with Gasteiger partial charge in [0.2, 0.25) is 0 Å². The van der Waals surface area contributed by atoms with Crippen molar-refractivity contribution in [3.63, 3.8) is 0 Å². The monoisotopic (exact) mass is 316 g/mol. The summed E-state index contributed by atoms with van der Waals surface area (Å²) in [4.78, 5) is 15.4. The number of quaternary nitrogens is 1. The van der Waals surface area contributed by atoms with Gasteiger partial charge in [-0.05, 0) is 23.3 Å². The number of phenols is 1. The van der Waals surface area contributed by atoms with E-state index in [4.69, 9.17) is 0 Å². The molecule has 0 saturated heterocycles. The zero-order chi connectivity index (χ0) is 15.3. The van der Waals surface area contributed by atoms with Crippen molar-refractivity contribution in [1.82, 2.24) is 5.32 Å². The fourth-order valence-corrected chi connectivity index (χ4v) is 4.59. The molecule has 1 aromatic heterocycles. The molecule has 2 aliphatic rings. The van der Waals surface area contributed by atoms with Gasteiger partial charge in [-0.2, -0.15) is 0 Å². The van der Waals surface area contributed by atoms with Crippen molar-refractivity contribution in [2.45, 2.75) is 19.1 Å². The normalized spacial score (nSPS) is 23.2. The minimum absolute atomic E-state index is 0.0147. The first-order valence-electron chi connectivity index (χ1n) is 7.44. The highest BCUT2D eigenvalue weighted by Crippen LogP contribution is 2.39. The standard InChI is InChI=1S/C16H17N3O2S/c1-19-6-5-11-12(8-19)22-16-13(11)15(21)17-14(18-16)9-3-2-4-10(20)7-9/h2-4,7,14,18,20H,5-6,8H2,1H3,(H,17,21)/p+1/t14-/m1/s1. The largest absolute Gasteiger partial charge is 0.508 e. The Hall–Kier alpha value is -2.05. The van der Waals surface area contributed by atoms with Crippen LogP contribution in [-0.2, 0) is 13.0 Å². The molecule has 1 unspecified atom stereocenters. The maximum Gasteiger partial charge on any atom is 0.256 e. The highest BCUT2D eigenvalue weighted by Gasteiger charge is 2.33. The Balaban J connectivity index is 1.71. The predicted octanol–water partition coefficient (Wildman–Crippen LogP) is 0.879. The zero-order valence-corrected chi connectivity index (χ0v) is 13.1. The van der Waals surface area contributed by atoms with Crippen molar-refractivity contribution >= 4 is 22.2 Å². The van der Waals surface area contributed by atoms with Gasteiger partial charge in [0.05, 0.1) is 24.0 Å². The van der Waals surface area contributed by atoms with Crippen LogP contribution in [0.1, 0.15) is 32.5 Å². The maximum atomic E-state index is 12.6. The van der Waals surface area contributed by atoms with Crippen molar-refractivity contribution in [3.05, 3.63) is 45.8 Å². The number of nitrogens with one attached hydrogen (secondary N) is 3. The Morgan fingerprint density at radius 2 is 2.23 bits per heavy atom. The summed E-state index contributed by atoms with van der Waals surface area (Å²) in [6.07, 6.45) is 0.663. The minimum atomic E-state index is -0.294. The predicted molar refractivity (Wildman–Crippen MR) is 85.4 cm³/mol. The number of rotatable bonds is 1. The van der Waals surface area contributed by atoms with Gasteiger partial charge in [0.15, 0.2) is 0 Å². The summed E-state index contributed by atoms with van der Waals surface area (Å²) >= 11 is 1.69. The molecule has 0 radical (unpaired) electrons. The van der Waals surface area contributed by atoms with Gasteiger partial charge in [0.1, 0.15) is 23.5 Å². The number of carbonyl (C=O) groups excluding carboxylic acids is 1. The molecule has 6 heteroatoms. The van der Waals surface area contributed by atoms with Crippen LogP contribution in [0.4, 0.5) is 5.00 Å². The summed E-state index contributed by atoms with van der Waals surface area (Å²) in [5, 5.41) is 17.0. The van der Waals surface area contributed by atoms with E-state index >= 15 is 0 Å². The van der Waals surface area contributed by atoms with Crippen molar-refractivity contribution in [2.75, 3.05) is 18.9 Å². The van der Waals surface area contributed by atoms with Gasteiger partial charge < -0.3 is 20.6 Å². The minimum Gasteiger partial charge on any atom is -0.508 e. The number of anilines is 1. The third-order valence-corrected chi connectivity index (χ3v) is 5.50. The SMILES string of the molecule is C[NH+]1CCc2c(sc3c2C(=O)N[C@@H](c2cccc(O)c2)N3)C1. The lowest BCUT2D eigenvalue weighted by molar-refractivity contribution is -0.895. The molecule has 114 valence electrons. The molecule has 3 heterocycles. The van der Waals surface area contributed by atoms with Crippen molar-refractivity contribution in [1.29, 1.82) is 0 Å². The third-order valence-electron chi connectivity index (χ3n) is 4.34. The quantitative estimate of drug-likeness (QED) is 0.631. The molecule has 0 fully saturated rings. The number of phenolic OH excluding ortho intramolecular Hbond substituents is 1. The Morgan fingerprint density at radius 3 is 3.05 bits per heavy atom. The van der Waals surface area contributed by atoms with E-state index in [0.29, 0.717) is 0 Å². The van der Waals surface area contributed by atoms with E-state index in [0.717, 1.165) is 35.6 Å². The molecule has 1 amide bonds. The van der Waals surface area contributed by atoms with Crippen LogP contribution < -0.4 is 15.5 Å².